The molecule has 0 saturated carbocycles. The van der Waals surface area contributed by atoms with Gasteiger partial charge in [0.2, 0.25) is 0 Å². The molecule has 2 aromatic carbocycles. The molecule has 0 heterocycles. The van der Waals surface area contributed by atoms with E-state index in [1.54, 1.807) is 42.5 Å². The Morgan fingerprint density at radius 3 is 2.31 bits per heavy atom. The molecule has 0 aliphatic heterocycles. The number of hydrogen-bond donors (Lipinski definition) is 1. The van der Waals surface area contributed by atoms with E-state index in [0.717, 1.165) is 5.56 Å². The Labute approximate surface area is 155 Å². The minimum Gasteiger partial charge on any atom is -0.493 e. The average Bonchev–Trinajstić information content (AvgIpc) is 2.59. The van der Waals surface area contributed by atoms with Gasteiger partial charge in [0.1, 0.15) is 5.75 Å². The SMILES string of the molecule is CC(C)COc1cccc(C(=O)NC(C)c2ccc(S(C)(=O)=O)cc2)c1. The summed E-state index contributed by atoms with van der Waals surface area (Å²) in [5, 5.41) is 2.92. The third kappa shape index (κ3) is 5.59. The van der Waals surface area contributed by atoms with E-state index >= 15 is 0 Å². The van der Waals surface area contributed by atoms with E-state index in [9.17, 15) is 13.2 Å². The van der Waals surface area contributed by atoms with Crippen LogP contribution in [0.1, 0.15) is 42.7 Å². The van der Waals surface area contributed by atoms with Gasteiger partial charge in [0.05, 0.1) is 17.5 Å². The van der Waals surface area contributed by atoms with E-state index in [1.807, 2.05) is 13.0 Å². The van der Waals surface area contributed by atoms with Crippen LogP contribution >= 0.6 is 0 Å². The number of carbonyl (C=O) groups is 1. The van der Waals surface area contributed by atoms with E-state index in [1.165, 1.54) is 6.26 Å². The van der Waals surface area contributed by atoms with Gasteiger partial charge in [-0.3, -0.25) is 4.79 Å². The monoisotopic (exact) mass is 375 g/mol. The topological polar surface area (TPSA) is 72.5 Å². The first-order chi connectivity index (χ1) is 12.2. The first kappa shape index (κ1) is 20.0. The van der Waals surface area contributed by atoms with Crippen molar-refractivity contribution in [3.63, 3.8) is 0 Å². The smallest absolute Gasteiger partial charge is 0.251 e. The maximum absolute atomic E-state index is 12.5. The van der Waals surface area contributed by atoms with Gasteiger partial charge < -0.3 is 10.1 Å². The Morgan fingerprint density at radius 1 is 1.08 bits per heavy atom. The second-order valence-electron chi connectivity index (χ2n) is 6.77. The van der Waals surface area contributed by atoms with Crippen LogP contribution in [-0.2, 0) is 9.84 Å². The van der Waals surface area contributed by atoms with Crippen LogP contribution in [0.25, 0.3) is 0 Å². The van der Waals surface area contributed by atoms with Crippen molar-refractivity contribution >= 4 is 15.7 Å². The summed E-state index contributed by atoms with van der Waals surface area (Å²) in [6.45, 7) is 6.57. The summed E-state index contributed by atoms with van der Waals surface area (Å²) in [5.74, 6) is 0.860. The molecule has 6 heteroatoms. The maximum Gasteiger partial charge on any atom is 0.251 e. The van der Waals surface area contributed by atoms with Crippen molar-refractivity contribution in [3.05, 3.63) is 59.7 Å². The van der Waals surface area contributed by atoms with Gasteiger partial charge in [-0.15, -0.1) is 0 Å². The van der Waals surface area contributed by atoms with Gasteiger partial charge in [0.15, 0.2) is 9.84 Å². The normalized spacial score (nSPS) is 12.7. The number of sulfone groups is 1. The first-order valence-corrected chi connectivity index (χ1v) is 10.4. The highest BCUT2D eigenvalue weighted by Crippen LogP contribution is 2.18. The first-order valence-electron chi connectivity index (χ1n) is 8.50. The lowest BCUT2D eigenvalue weighted by molar-refractivity contribution is 0.0939. The zero-order valence-electron chi connectivity index (χ0n) is 15.5. The van der Waals surface area contributed by atoms with Crippen LogP contribution in [0.2, 0.25) is 0 Å². The lowest BCUT2D eigenvalue weighted by Crippen LogP contribution is -2.26. The number of benzene rings is 2. The minimum absolute atomic E-state index is 0.209. The van der Waals surface area contributed by atoms with Crippen molar-refractivity contribution in [2.45, 2.75) is 31.7 Å². The predicted octanol–water partition coefficient (Wildman–Crippen LogP) is 3.62. The molecule has 0 aliphatic carbocycles. The average molecular weight is 375 g/mol. The Kier molecular flexibility index (Phi) is 6.42. The maximum atomic E-state index is 12.5. The summed E-state index contributed by atoms with van der Waals surface area (Å²) in [4.78, 5) is 12.7. The Bertz CT molecular complexity index is 858. The predicted molar refractivity (Wildman–Crippen MR) is 102 cm³/mol. The van der Waals surface area contributed by atoms with Crippen LogP contribution in [0.15, 0.2) is 53.4 Å². The highest BCUT2D eigenvalue weighted by atomic mass is 32.2. The van der Waals surface area contributed by atoms with Gasteiger partial charge in [-0.25, -0.2) is 8.42 Å². The van der Waals surface area contributed by atoms with Gasteiger partial charge in [0, 0.05) is 11.8 Å². The second-order valence-corrected chi connectivity index (χ2v) is 8.78. The zero-order chi connectivity index (χ0) is 19.3. The Balaban J connectivity index is 2.06. The molecule has 0 aromatic heterocycles. The fraction of sp³-hybridized carbons (Fsp3) is 0.350. The Hall–Kier alpha value is -2.34. The molecule has 0 saturated heterocycles. The molecule has 26 heavy (non-hydrogen) atoms. The number of ether oxygens (including phenoxy) is 1. The van der Waals surface area contributed by atoms with E-state index in [0.29, 0.717) is 23.8 Å². The van der Waals surface area contributed by atoms with Crippen LogP contribution in [-0.4, -0.2) is 27.2 Å². The fourth-order valence-corrected chi connectivity index (χ4v) is 2.99. The van der Waals surface area contributed by atoms with Crippen LogP contribution in [0, 0.1) is 5.92 Å². The number of hydrogen-bond acceptors (Lipinski definition) is 4. The number of rotatable bonds is 7. The Morgan fingerprint density at radius 2 is 1.73 bits per heavy atom. The molecule has 2 rings (SSSR count). The molecule has 0 fully saturated rings. The molecule has 0 radical (unpaired) electrons. The molecule has 1 amide bonds. The molecule has 1 unspecified atom stereocenters. The number of amides is 1. The quantitative estimate of drug-likeness (QED) is 0.802. The van der Waals surface area contributed by atoms with Crippen LogP contribution in [0.5, 0.6) is 5.75 Å². The van der Waals surface area contributed by atoms with Gasteiger partial charge in [-0.1, -0.05) is 32.0 Å². The standard InChI is InChI=1S/C20H25NO4S/c1-14(2)13-25-18-7-5-6-17(12-18)20(22)21-15(3)16-8-10-19(11-9-16)26(4,23)24/h5-12,14-15H,13H2,1-4H3,(H,21,22). The lowest BCUT2D eigenvalue weighted by Gasteiger charge is -2.15. The molecular formula is C20H25NO4S. The fourth-order valence-electron chi connectivity index (χ4n) is 2.36. The van der Waals surface area contributed by atoms with Gasteiger partial charge in [-0.05, 0) is 48.7 Å². The van der Waals surface area contributed by atoms with Crippen LogP contribution < -0.4 is 10.1 Å². The van der Waals surface area contributed by atoms with Crippen molar-refractivity contribution in [1.29, 1.82) is 0 Å². The molecular weight excluding hydrogens is 350 g/mol. The highest BCUT2D eigenvalue weighted by molar-refractivity contribution is 7.90. The van der Waals surface area contributed by atoms with Crippen molar-refractivity contribution in [2.24, 2.45) is 5.92 Å². The van der Waals surface area contributed by atoms with Gasteiger partial charge in [-0.2, -0.15) is 0 Å². The van der Waals surface area contributed by atoms with Crippen LogP contribution in [0.3, 0.4) is 0 Å². The summed E-state index contributed by atoms with van der Waals surface area (Å²) < 4.78 is 28.7. The van der Waals surface area contributed by atoms with Crippen LogP contribution in [0.4, 0.5) is 0 Å². The lowest BCUT2D eigenvalue weighted by atomic mass is 10.1. The zero-order valence-corrected chi connectivity index (χ0v) is 16.3. The number of nitrogens with one attached hydrogen (secondary N) is 1. The van der Waals surface area contributed by atoms with E-state index in [-0.39, 0.29) is 16.8 Å². The van der Waals surface area contributed by atoms with E-state index in [2.05, 4.69) is 19.2 Å². The van der Waals surface area contributed by atoms with Crippen molar-refractivity contribution in [2.75, 3.05) is 12.9 Å². The molecule has 0 aliphatic rings. The third-order valence-corrected chi connectivity index (χ3v) is 4.96. The van der Waals surface area contributed by atoms with Crippen molar-refractivity contribution in [1.82, 2.24) is 5.32 Å². The van der Waals surface area contributed by atoms with Crippen molar-refractivity contribution in [3.8, 4) is 5.75 Å². The second kappa shape index (κ2) is 8.36. The van der Waals surface area contributed by atoms with E-state index in [4.69, 9.17) is 4.74 Å². The molecule has 0 bridgehead atoms. The summed E-state index contributed by atoms with van der Waals surface area (Å²) >= 11 is 0. The van der Waals surface area contributed by atoms with Gasteiger partial charge in [0.25, 0.3) is 5.91 Å². The summed E-state index contributed by atoms with van der Waals surface area (Å²) in [7, 11) is -3.23. The van der Waals surface area contributed by atoms with Gasteiger partial charge >= 0.3 is 0 Å². The highest BCUT2D eigenvalue weighted by Gasteiger charge is 2.14. The minimum atomic E-state index is -3.23. The number of carbonyl (C=O) groups excluding carboxylic acids is 1. The largest absolute Gasteiger partial charge is 0.493 e. The van der Waals surface area contributed by atoms with Crippen molar-refractivity contribution < 1.29 is 17.9 Å². The summed E-state index contributed by atoms with van der Waals surface area (Å²) in [6, 6.07) is 13.3. The summed E-state index contributed by atoms with van der Waals surface area (Å²) in [6.07, 6.45) is 1.17. The summed E-state index contributed by atoms with van der Waals surface area (Å²) in [5.41, 5.74) is 1.35. The molecule has 0 spiro atoms. The molecule has 2 aromatic rings. The molecule has 5 nitrogen and oxygen atoms in total. The third-order valence-electron chi connectivity index (χ3n) is 3.84. The van der Waals surface area contributed by atoms with E-state index < -0.39 is 9.84 Å². The molecule has 1 atom stereocenters. The molecule has 1 N–H and O–H groups in total. The molecule has 140 valence electrons.